The van der Waals surface area contributed by atoms with Crippen LogP contribution in [0.3, 0.4) is 0 Å². The van der Waals surface area contributed by atoms with Crippen LogP contribution in [0.1, 0.15) is 31.2 Å². The van der Waals surface area contributed by atoms with Crippen molar-refractivity contribution in [2.45, 2.75) is 44.1 Å². The number of fused-ring (bicyclic) bond motifs is 2. The van der Waals surface area contributed by atoms with E-state index in [1.54, 1.807) is 6.07 Å². The molecule has 5 heteroatoms. The van der Waals surface area contributed by atoms with Crippen LogP contribution in [-0.2, 0) is 0 Å². The predicted molar refractivity (Wildman–Crippen MR) is 70.3 cm³/mol. The normalized spacial score (nSPS) is 26.1. The van der Waals surface area contributed by atoms with Gasteiger partial charge in [-0.15, -0.1) is 13.2 Å². The zero-order chi connectivity index (χ0) is 14.2. The van der Waals surface area contributed by atoms with E-state index in [0.717, 1.165) is 30.4 Å². The van der Waals surface area contributed by atoms with Crippen molar-refractivity contribution >= 4 is 5.57 Å². The van der Waals surface area contributed by atoms with E-state index in [-0.39, 0.29) is 5.75 Å². The summed E-state index contributed by atoms with van der Waals surface area (Å²) in [6.45, 7) is 0. The number of ether oxygens (including phenoxy) is 1. The van der Waals surface area contributed by atoms with Gasteiger partial charge in [-0.3, -0.25) is 0 Å². The van der Waals surface area contributed by atoms with E-state index >= 15 is 0 Å². The van der Waals surface area contributed by atoms with E-state index in [9.17, 15) is 13.2 Å². The van der Waals surface area contributed by atoms with Gasteiger partial charge in [0.25, 0.3) is 0 Å². The number of hydrogen-bond donors (Lipinski definition) is 1. The summed E-state index contributed by atoms with van der Waals surface area (Å²) >= 11 is 0. The van der Waals surface area contributed by atoms with Gasteiger partial charge in [-0.25, -0.2) is 0 Å². The molecule has 0 radical (unpaired) electrons. The van der Waals surface area contributed by atoms with Crippen LogP contribution in [0.25, 0.3) is 5.57 Å². The largest absolute Gasteiger partial charge is 0.573 e. The lowest BCUT2D eigenvalue weighted by Gasteiger charge is -2.35. The minimum atomic E-state index is -4.64. The molecule has 0 aromatic heterocycles. The van der Waals surface area contributed by atoms with E-state index < -0.39 is 6.36 Å². The van der Waals surface area contributed by atoms with Crippen molar-refractivity contribution in [3.05, 3.63) is 35.9 Å². The maximum absolute atomic E-state index is 12.3. The van der Waals surface area contributed by atoms with Crippen LogP contribution < -0.4 is 10.1 Å². The molecule has 2 heterocycles. The number of halogens is 3. The molecular formula is C15H16F3NO. The average Bonchev–Trinajstić information content (AvgIpc) is 2.36. The lowest BCUT2D eigenvalue weighted by molar-refractivity contribution is -0.274. The summed E-state index contributed by atoms with van der Waals surface area (Å²) in [6, 6.07) is 7.05. The smallest absolute Gasteiger partial charge is 0.406 e. The molecule has 1 aromatic rings. The summed E-state index contributed by atoms with van der Waals surface area (Å²) in [7, 11) is 0. The summed E-state index contributed by atoms with van der Waals surface area (Å²) in [6.07, 6.45) is 1.81. The SMILES string of the molecule is FC(F)(F)Oc1cccc(C2=CC3CCCC(C2)N3)c1. The van der Waals surface area contributed by atoms with Crippen LogP contribution in [0.15, 0.2) is 30.3 Å². The van der Waals surface area contributed by atoms with Gasteiger partial charge in [0.15, 0.2) is 0 Å². The van der Waals surface area contributed by atoms with E-state index in [0.29, 0.717) is 12.1 Å². The molecule has 2 nitrogen and oxygen atoms in total. The quantitative estimate of drug-likeness (QED) is 0.889. The van der Waals surface area contributed by atoms with Gasteiger partial charge in [-0.2, -0.15) is 0 Å². The summed E-state index contributed by atoms with van der Waals surface area (Å²) in [5, 5.41) is 3.52. The van der Waals surface area contributed by atoms with Crippen LogP contribution in [0.5, 0.6) is 5.75 Å². The summed E-state index contributed by atoms with van der Waals surface area (Å²) in [5.74, 6) is -0.153. The molecule has 0 aliphatic carbocycles. The molecule has 0 saturated carbocycles. The van der Waals surface area contributed by atoms with Crippen LogP contribution in [0.4, 0.5) is 13.2 Å². The average molecular weight is 283 g/mol. The maximum Gasteiger partial charge on any atom is 0.573 e. The van der Waals surface area contributed by atoms with Gasteiger partial charge in [0.2, 0.25) is 0 Å². The highest BCUT2D eigenvalue weighted by molar-refractivity contribution is 5.68. The van der Waals surface area contributed by atoms with Crippen molar-refractivity contribution in [3.63, 3.8) is 0 Å². The highest BCUT2D eigenvalue weighted by atomic mass is 19.4. The highest BCUT2D eigenvalue weighted by Gasteiger charge is 2.31. The van der Waals surface area contributed by atoms with E-state index in [1.807, 2.05) is 6.07 Å². The Morgan fingerprint density at radius 1 is 1.20 bits per heavy atom. The first-order valence-corrected chi connectivity index (χ1v) is 6.82. The Morgan fingerprint density at radius 3 is 2.80 bits per heavy atom. The first-order chi connectivity index (χ1) is 9.49. The second kappa shape index (κ2) is 5.13. The van der Waals surface area contributed by atoms with E-state index in [2.05, 4.69) is 16.1 Å². The first-order valence-electron chi connectivity index (χ1n) is 6.82. The van der Waals surface area contributed by atoms with Gasteiger partial charge in [0.05, 0.1) is 0 Å². The molecule has 1 saturated heterocycles. The predicted octanol–water partition coefficient (Wildman–Crippen LogP) is 3.88. The molecule has 1 aromatic carbocycles. The van der Waals surface area contributed by atoms with Gasteiger partial charge in [-0.1, -0.05) is 24.6 Å². The van der Waals surface area contributed by atoms with Crippen LogP contribution >= 0.6 is 0 Å². The molecule has 2 unspecified atom stereocenters. The zero-order valence-corrected chi connectivity index (χ0v) is 10.9. The monoisotopic (exact) mass is 283 g/mol. The molecule has 1 N–H and O–H groups in total. The second-order valence-corrected chi connectivity index (χ2v) is 5.37. The second-order valence-electron chi connectivity index (χ2n) is 5.37. The standard InChI is InChI=1S/C15H16F3NO/c16-15(17,18)20-14-6-1-3-10(9-14)11-7-12-4-2-5-13(8-11)19-12/h1,3,6-7,9,12-13,19H,2,4-5,8H2. The van der Waals surface area contributed by atoms with Crippen molar-refractivity contribution in [1.82, 2.24) is 5.32 Å². The fourth-order valence-corrected chi connectivity index (χ4v) is 3.03. The Hall–Kier alpha value is -1.49. The molecule has 2 aliphatic rings. The molecule has 0 amide bonds. The van der Waals surface area contributed by atoms with Crippen molar-refractivity contribution in [2.75, 3.05) is 0 Å². The maximum atomic E-state index is 12.3. The third-order valence-corrected chi connectivity index (χ3v) is 3.82. The van der Waals surface area contributed by atoms with Gasteiger partial charge < -0.3 is 10.1 Å². The number of nitrogens with one attached hydrogen (secondary N) is 1. The number of hydrogen-bond acceptors (Lipinski definition) is 2. The Labute approximate surface area is 115 Å². The molecule has 1 fully saturated rings. The molecule has 2 atom stereocenters. The molecule has 2 aliphatic heterocycles. The minimum Gasteiger partial charge on any atom is -0.406 e. The molecule has 0 spiro atoms. The zero-order valence-electron chi connectivity index (χ0n) is 10.9. The van der Waals surface area contributed by atoms with Crippen molar-refractivity contribution in [1.29, 1.82) is 0 Å². The van der Waals surface area contributed by atoms with Gasteiger partial charge in [-0.05, 0) is 42.5 Å². The Bertz CT molecular complexity index is 524. The summed E-state index contributed by atoms with van der Waals surface area (Å²) < 4.78 is 40.8. The fraction of sp³-hybridized carbons (Fsp3) is 0.467. The van der Waals surface area contributed by atoms with Crippen LogP contribution in [0.2, 0.25) is 0 Å². The Morgan fingerprint density at radius 2 is 2.05 bits per heavy atom. The Balaban J connectivity index is 1.83. The third kappa shape index (κ3) is 3.15. The number of benzene rings is 1. The van der Waals surface area contributed by atoms with E-state index in [4.69, 9.17) is 0 Å². The van der Waals surface area contributed by atoms with Crippen molar-refractivity contribution in [2.24, 2.45) is 0 Å². The number of alkyl halides is 3. The van der Waals surface area contributed by atoms with E-state index in [1.165, 1.54) is 18.6 Å². The van der Waals surface area contributed by atoms with Crippen molar-refractivity contribution in [3.8, 4) is 5.75 Å². The summed E-state index contributed by atoms with van der Waals surface area (Å²) in [4.78, 5) is 0. The number of rotatable bonds is 2. The highest BCUT2D eigenvalue weighted by Crippen LogP contribution is 2.33. The lowest BCUT2D eigenvalue weighted by Crippen LogP contribution is -2.44. The molecule has 108 valence electrons. The summed E-state index contributed by atoms with van der Waals surface area (Å²) in [5.41, 5.74) is 1.94. The lowest BCUT2D eigenvalue weighted by atomic mass is 9.85. The van der Waals surface area contributed by atoms with Gasteiger partial charge in [0.1, 0.15) is 5.75 Å². The van der Waals surface area contributed by atoms with Crippen molar-refractivity contribution < 1.29 is 17.9 Å². The molecular weight excluding hydrogens is 267 g/mol. The fourth-order valence-electron chi connectivity index (χ4n) is 3.03. The van der Waals surface area contributed by atoms with Gasteiger partial charge in [0, 0.05) is 12.1 Å². The topological polar surface area (TPSA) is 21.3 Å². The molecule has 20 heavy (non-hydrogen) atoms. The third-order valence-electron chi connectivity index (χ3n) is 3.82. The number of piperidine rings is 1. The van der Waals surface area contributed by atoms with Crippen LogP contribution in [-0.4, -0.2) is 18.4 Å². The Kier molecular flexibility index (Phi) is 3.46. The van der Waals surface area contributed by atoms with Crippen LogP contribution in [0, 0.1) is 0 Å². The first kappa shape index (κ1) is 13.5. The minimum absolute atomic E-state index is 0.153. The van der Waals surface area contributed by atoms with Gasteiger partial charge >= 0.3 is 6.36 Å². The molecule has 2 bridgehead atoms. The molecule has 3 rings (SSSR count).